The van der Waals surface area contributed by atoms with Crippen LogP contribution in [-0.4, -0.2) is 23.5 Å². The number of thiophene rings is 1. The van der Waals surface area contributed by atoms with Gasteiger partial charge in [-0.05, 0) is 41.8 Å². The van der Waals surface area contributed by atoms with Gasteiger partial charge in [0.25, 0.3) is 5.91 Å². The molecule has 0 bridgehead atoms. The van der Waals surface area contributed by atoms with Gasteiger partial charge in [0.2, 0.25) is 0 Å². The van der Waals surface area contributed by atoms with Crippen LogP contribution >= 0.6 is 22.7 Å². The summed E-state index contributed by atoms with van der Waals surface area (Å²) in [6, 6.07) is 9.64. The standard InChI is InChI=1S/C18H13FN2O3S2/c19-13-5-3-12(4-6-13)15-11-26-18(20-15)21-16(22)10-24-17(23)8-7-14-2-1-9-25-14/h1-9,11H,10H2,(H,20,21,22)/b8-7+. The van der Waals surface area contributed by atoms with Crippen molar-refractivity contribution in [3.05, 3.63) is 63.9 Å². The minimum Gasteiger partial charge on any atom is -0.452 e. The van der Waals surface area contributed by atoms with E-state index in [1.165, 1.54) is 40.9 Å². The molecule has 26 heavy (non-hydrogen) atoms. The molecule has 1 N–H and O–H groups in total. The van der Waals surface area contributed by atoms with Crippen LogP contribution in [0.2, 0.25) is 0 Å². The number of carbonyl (C=O) groups is 2. The number of hydrogen-bond donors (Lipinski definition) is 1. The van der Waals surface area contributed by atoms with Gasteiger partial charge in [-0.1, -0.05) is 6.07 Å². The third-order valence-corrected chi connectivity index (χ3v) is 4.76. The number of esters is 1. The van der Waals surface area contributed by atoms with Crippen molar-refractivity contribution >= 4 is 45.8 Å². The molecular weight excluding hydrogens is 375 g/mol. The van der Waals surface area contributed by atoms with Crippen molar-refractivity contribution in [3.8, 4) is 11.3 Å². The van der Waals surface area contributed by atoms with Crippen molar-refractivity contribution in [3.63, 3.8) is 0 Å². The van der Waals surface area contributed by atoms with E-state index < -0.39 is 18.5 Å². The molecule has 8 heteroatoms. The number of rotatable bonds is 6. The molecule has 1 aromatic carbocycles. The average molecular weight is 388 g/mol. The van der Waals surface area contributed by atoms with Gasteiger partial charge in [0, 0.05) is 21.9 Å². The first kappa shape index (κ1) is 18.0. The number of hydrogen-bond acceptors (Lipinski definition) is 6. The predicted octanol–water partition coefficient (Wildman–Crippen LogP) is 4.21. The summed E-state index contributed by atoms with van der Waals surface area (Å²) < 4.78 is 17.8. The zero-order valence-electron chi connectivity index (χ0n) is 13.3. The van der Waals surface area contributed by atoms with E-state index in [1.54, 1.807) is 23.6 Å². The van der Waals surface area contributed by atoms with Crippen LogP contribution in [-0.2, 0) is 14.3 Å². The molecule has 2 aromatic heterocycles. The monoisotopic (exact) mass is 388 g/mol. The van der Waals surface area contributed by atoms with Gasteiger partial charge < -0.3 is 4.74 Å². The molecule has 0 aliphatic heterocycles. The average Bonchev–Trinajstić information content (AvgIpc) is 3.31. The number of nitrogens with zero attached hydrogens (tertiary/aromatic N) is 1. The predicted molar refractivity (Wildman–Crippen MR) is 100 cm³/mol. The fourth-order valence-electron chi connectivity index (χ4n) is 1.96. The van der Waals surface area contributed by atoms with Gasteiger partial charge in [0.15, 0.2) is 11.7 Å². The van der Waals surface area contributed by atoms with Gasteiger partial charge in [0.1, 0.15) is 5.82 Å². The molecule has 0 fully saturated rings. The number of thiazole rings is 1. The van der Waals surface area contributed by atoms with E-state index in [2.05, 4.69) is 10.3 Å². The molecule has 2 heterocycles. The molecule has 132 valence electrons. The van der Waals surface area contributed by atoms with E-state index in [1.807, 2.05) is 17.5 Å². The lowest BCUT2D eigenvalue weighted by molar-refractivity contribution is -0.142. The lowest BCUT2D eigenvalue weighted by Gasteiger charge is -2.02. The zero-order chi connectivity index (χ0) is 18.4. The zero-order valence-corrected chi connectivity index (χ0v) is 15.0. The smallest absolute Gasteiger partial charge is 0.331 e. The fourth-order valence-corrected chi connectivity index (χ4v) is 3.31. The van der Waals surface area contributed by atoms with Crippen LogP contribution in [0.4, 0.5) is 9.52 Å². The SMILES string of the molecule is O=C(COC(=O)/C=C/c1cccs1)Nc1nc(-c2ccc(F)cc2)cs1. The van der Waals surface area contributed by atoms with E-state index in [0.29, 0.717) is 10.8 Å². The molecule has 0 spiro atoms. The number of carbonyl (C=O) groups excluding carboxylic acids is 2. The Hall–Kier alpha value is -2.84. The second kappa shape index (κ2) is 8.50. The van der Waals surface area contributed by atoms with Gasteiger partial charge in [-0.25, -0.2) is 14.2 Å². The molecule has 0 saturated carbocycles. The molecule has 0 atom stereocenters. The largest absolute Gasteiger partial charge is 0.452 e. The molecule has 0 saturated heterocycles. The Morgan fingerprint density at radius 2 is 2.00 bits per heavy atom. The number of ether oxygens (including phenoxy) is 1. The Morgan fingerprint density at radius 3 is 2.73 bits per heavy atom. The number of anilines is 1. The Morgan fingerprint density at radius 1 is 1.19 bits per heavy atom. The van der Waals surface area contributed by atoms with E-state index in [0.717, 1.165) is 10.4 Å². The van der Waals surface area contributed by atoms with E-state index in [9.17, 15) is 14.0 Å². The van der Waals surface area contributed by atoms with Gasteiger partial charge in [0.05, 0.1) is 5.69 Å². The summed E-state index contributed by atoms with van der Waals surface area (Å²) in [4.78, 5) is 28.6. The maximum atomic E-state index is 12.9. The highest BCUT2D eigenvalue weighted by atomic mass is 32.1. The topological polar surface area (TPSA) is 68.3 Å². The number of amides is 1. The summed E-state index contributed by atoms with van der Waals surface area (Å²) >= 11 is 2.72. The van der Waals surface area contributed by atoms with Crippen molar-refractivity contribution in [1.29, 1.82) is 0 Å². The summed E-state index contributed by atoms with van der Waals surface area (Å²) in [5.41, 5.74) is 1.37. The Kier molecular flexibility index (Phi) is 5.88. The molecule has 0 aliphatic rings. The first-order valence-corrected chi connectivity index (χ1v) is 9.26. The second-order valence-electron chi connectivity index (χ2n) is 5.05. The highest BCUT2D eigenvalue weighted by Gasteiger charge is 2.10. The third-order valence-electron chi connectivity index (χ3n) is 3.16. The molecule has 3 rings (SSSR count). The summed E-state index contributed by atoms with van der Waals surface area (Å²) in [6.45, 7) is -0.404. The first-order chi connectivity index (χ1) is 12.6. The quantitative estimate of drug-likeness (QED) is 0.507. The van der Waals surface area contributed by atoms with Crippen molar-refractivity contribution in [2.24, 2.45) is 0 Å². The van der Waals surface area contributed by atoms with E-state index >= 15 is 0 Å². The molecular formula is C18H13FN2O3S2. The second-order valence-corrected chi connectivity index (χ2v) is 6.89. The summed E-state index contributed by atoms with van der Waals surface area (Å²) in [6.07, 6.45) is 2.90. The fraction of sp³-hybridized carbons (Fsp3) is 0.0556. The number of halogens is 1. The Labute approximate surface area is 156 Å². The highest BCUT2D eigenvalue weighted by molar-refractivity contribution is 7.14. The van der Waals surface area contributed by atoms with Crippen molar-refractivity contribution < 1.29 is 18.7 Å². The van der Waals surface area contributed by atoms with Crippen LogP contribution in [0.1, 0.15) is 4.88 Å². The lowest BCUT2D eigenvalue weighted by Crippen LogP contribution is -2.20. The van der Waals surface area contributed by atoms with Crippen LogP contribution < -0.4 is 5.32 Å². The van der Waals surface area contributed by atoms with E-state index in [-0.39, 0.29) is 5.82 Å². The molecule has 0 radical (unpaired) electrons. The maximum Gasteiger partial charge on any atom is 0.331 e. The number of nitrogens with one attached hydrogen (secondary N) is 1. The van der Waals surface area contributed by atoms with Crippen molar-refractivity contribution in [1.82, 2.24) is 4.98 Å². The van der Waals surface area contributed by atoms with Crippen LogP contribution in [0.15, 0.2) is 53.2 Å². The van der Waals surface area contributed by atoms with Gasteiger partial charge in [-0.15, -0.1) is 22.7 Å². The molecule has 5 nitrogen and oxygen atoms in total. The molecule has 3 aromatic rings. The van der Waals surface area contributed by atoms with Crippen molar-refractivity contribution in [2.45, 2.75) is 0 Å². The van der Waals surface area contributed by atoms with Crippen molar-refractivity contribution in [2.75, 3.05) is 11.9 Å². The molecule has 1 amide bonds. The normalized spacial score (nSPS) is 10.8. The third kappa shape index (κ3) is 5.08. The number of aromatic nitrogens is 1. The minimum atomic E-state index is -0.598. The van der Waals surface area contributed by atoms with Crippen LogP contribution in [0, 0.1) is 5.82 Å². The molecule has 0 unspecified atom stereocenters. The maximum absolute atomic E-state index is 12.9. The minimum absolute atomic E-state index is 0.326. The number of benzene rings is 1. The Balaban J connectivity index is 1.49. The van der Waals surface area contributed by atoms with Crippen LogP contribution in [0.25, 0.3) is 17.3 Å². The van der Waals surface area contributed by atoms with Crippen LogP contribution in [0.5, 0.6) is 0 Å². The Bertz CT molecular complexity index is 918. The summed E-state index contributed by atoms with van der Waals surface area (Å²) in [7, 11) is 0. The van der Waals surface area contributed by atoms with Crippen LogP contribution in [0.3, 0.4) is 0 Å². The highest BCUT2D eigenvalue weighted by Crippen LogP contribution is 2.24. The van der Waals surface area contributed by atoms with E-state index in [4.69, 9.17) is 4.74 Å². The first-order valence-electron chi connectivity index (χ1n) is 7.50. The van der Waals surface area contributed by atoms with Gasteiger partial charge >= 0.3 is 5.97 Å². The molecule has 0 aliphatic carbocycles. The lowest BCUT2D eigenvalue weighted by atomic mass is 10.2. The van der Waals surface area contributed by atoms with Gasteiger partial charge in [-0.2, -0.15) is 0 Å². The van der Waals surface area contributed by atoms with Gasteiger partial charge in [-0.3, -0.25) is 10.1 Å². The summed E-state index contributed by atoms with van der Waals surface area (Å²) in [5.74, 6) is -1.41. The summed E-state index contributed by atoms with van der Waals surface area (Å²) in [5, 5.41) is 6.58.